The summed E-state index contributed by atoms with van der Waals surface area (Å²) in [7, 11) is 1.97. The number of aliphatic hydroxyl groups is 1. The largest absolute Gasteiger partial charge is 0.388 e. The van der Waals surface area contributed by atoms with Crippen LogP contribution in [0.5, 0.6) is 0 Å². The predicted molar refractivity (Wildman–Crippen MR) is 80.2 cm³/mol. The van der Waals surface area contributed by atoms with Crippen LogP contribution in [0.1, 0.15) is 18.6 Å². The summed E-state index contributed by atoms with van der Waals surface area (Å²) in [4.78, 5) is 2.06. The lowest BCUT2D eigenvalue weighted by Crippen LogP contribution is -2.27. The van der Waals surface area contributed by atoms with Gasteiger partial charge in [0.05, 0.1) is 6.10 Å². The van der Waals surface area contributed by atoms with Crippen LogP contribution in [0, 0.1) is 11.7 Å². The highest BCUT2D eigenvalue weighted by Gasteiger charge is 2.20. The Morgan fingerprint density at radius 1 is 1.05 bits per heavy atom. The highest BCUT2D eigenvalue weighted by molar-refractivity contribution is 5.45. The number of hydrogen-bond acceptors (Lipinski definition) is 2. The van der Waals surface area contributed by atoms with E-state index in [4.69, 9.17) is 0 Å². The number of anilines is 1. The van der Waals surface area contributed by atoms with Gasteiger partial charge in [0.15, 0.2) is 0 Å². The Hall–Kier alpha value is -1.87. The minimum absolute atomic E-state index is 0.0721. The fourth-order valence-electron chi connectivity index (χ4n) is 2.34. The number of hydrogen-bond donors (Lipinski definition) is 1. The smallest absolute Gasteiger partial charge is 0.129 e. The van der Waals surface area contributed by atoms with Crippen LogP contribution in [-0.4, -0.2) is 18.7 Å². The van der Waals surface area contributed by atoms with E-state index < -0.39 is 6.10 Å². The molecule has 1 N–H and O–H groups in total. The molecule has 0 aliphatic carbocycles. The van der Waals surface area contributed by atoms with Crippen molar-refractivity contribution in [2.24, 2.45) is 5.92 Å². The zero-order valence-corrected chi connectivity index (χ0v) is 11.8. The van der Waals surface area contributed by atoms with Crippen molar-refractivity contribution in [1.29, 1.82) is 0 Å². The molecule has 2 rings (SSSR count). The van der Waals surface area contributed by atoms with E-state index >= 15 is 0 Å². The fraction of sp³-hybridized carbons (Fsp3) is 0.294. The summed E-state index contributed by atoms with van der Waals surface area (Å²) in [6.45, 7) is 2.58. The predicted octanol–water partition coefficient (Wildman–Crippen LogP) is 3.63. The van der Waals surface area contributed by atoms with Crippen molar-refractivity contribution in [2.45, 2.75) is 13.0 Å². The average molecular weight is 273 g/mol. The molecule has 0 heterocycles. The molecule has 0 aliphatic heterocycles. The van der Waals surface area contributed by atoms with Gasteiger partial charge in [0, 0.05) is 30.8 Å². The molecular formula is C17H20FNO. The van der Waals surface area contributed by atoms with E-state index in [1.165, 1.54) is 6.07 Å². The number of aliphatic hydroxyl groups excluding tert-OH is 1. The molecule has 2 atom stereocenters. The standard InChI is InChI=1S/C17H20FNO/c1-13(12-19(2)14-8-4-3-5-9-14)17(20)15-10-6-7-11-16(15)18/h3-11,13,17,20H,12H2,1-2H3. The van der Waals surface area contributed by atoms with E-state index in [-0.39, 0.29) is 11.7 Å². The van der Waals surface area contributed by atoms with Crippen LogP contribution >= 0.6 is 0 Å². The fourth-order valence-corrected chi connectivity index (χ4v) is 2.34. The van der Waals surface area contributed by atoms with E-state index in [2.05, 4.69) is 4.90 Å². The molecule has 3 heteroatoms. The van der Waals surface area contributed by atoms with E-state index in [0.717, 1.165) is 5.69 Å². The number of rotatable bonds is 5. The summed E-state index contributed by atoms with van der Waals surface area (Å²) in [5.74, 6) is -0.425. The first kappa shape index (κ1) is 14.5. The maximum atomic E-state index is 13.7. The molecule has 0 bridgehead atoms. The molecule has 106 valence electrons. The van der Waals surface area contributed by atoms with E-state index in [1.54, 1.807) is 18.2 Å². The summed E-state index contributed by atoms with van der Waals surface area (Å²) in [5.41, 5.74) is 1.45. The van der Waals surface area contributed by atoms with Crippen molar-refractivity contribution < 1.29 is 9.50 Å². The second-order valence-corrected chi connectivity index (χ2v) is 5.16. The van der Waals surface area contributed by atoms with Gasteiger partial charge in [-0.2, -0.15) is 0 Å². The lowest BCUT2D eigenvalue weighted by Gasteiger charge is -2.27. The van der Waals surface area contributed by atoms with Gasteiger partial charge in [-0.15, -0.1) is 0 Å². The minimum Gasteiger partial charge on any atom is -0.388 e. The first-order valence-electron chi connectivity index (χ1n) is 6.78. The van der Waals surface area contributed by atoms with Gasteiger partial charge in [-0.3, -0.25) is 0 Å². The molecular weight excluding hydrogens is 253 g/mol. The minimum atomic E-state index is -0.803. The van der Waals surface area contributed by atoms with Gasteiger partial charge in [-0.05, 0) is 18.2 Å². The van der Waals surface area contributed by atoms with Gasteiger partial charge < -0.3 is 10.0 Å². The second-order valence-electron chi connectivity index (χ2n) is 5.16. The Balaban J connectivity index is 2.05. The van der Waals surface area contributed by atoms with Gasteiger partial charge in [-0.1, -0.05) is 43.3 Å². The summed E-state index contributed by atoms with van der Waals surface area (Å²) >= 11 is 0. The number of para-hydroxylation sites is 1. The Bertz CT molecular complexity index is 544. The molecule has 0 saturated carbocycles. The molecule has 2 aromatic rings. The first-order chi connectivity index (χ1) is 9.59. The summed E-state index contributed by atoms with van der Waals surface area (Å²) in [6, 6.07) is 16.3. The zero-order chi connectivity index (χ0) is 14.5. The van der Waals surface area contributed by atoms with E-state index in [0.29, 0.717) is 12.1 Å². The highest BCUT2D eigenvalue weighted by Crippen LogP contribution is 2.25. The van der Waals surface area contributed by atoms with Crippen molar-refractivity contribution in [2.75, 3.05) is 18.5 Å². The highest BCUT2D eigenvalue weighted by atomic mass is 19.1. The lowest BCUT2D eigenvalue weighted by atomic mass is 9.96. The van der Waals surface area contributed by atoms with E-state index in [9.17, 15) is 9.50 Å². The molecule has 0 saturated heterocycles. The molecule has 0 spiro atoms. The normalized spacial score (nSPS) is 13.8. The third-order valence-electron chi connectivity index (χ3n) is 3.52. The van der Waals surface area contributed by atoms with Gasteiger partial charge in [0.25, 0.3) is 0 Å². The van der Waals surface area contributed by atoms with Crippen molar-refractivity contribution in [1.82, 2.24) is 0 Å². The van der Waals surface area contributed by atoms with Crippen LogP contribution in [0.2, 0.25) is 0 Å². The molecule has 0 aromatic heterocycles. The topological polar surface area (TPSA) is 23.5 Å². The van der Waals surface area contributed by atoms with Crippen LogP contribution in [-0.2, 0) is 0 Å². The Morgan fingerprint density at radius 3 is 2.30 bits per heavy atom. The Kier molecular flexibility index (Phi) is 4.74. The lowest BCUT2D eigenvalue weighted by molar-refractivity contribution is 0.117. The number of nitrogens with zero attached hydrogens (tertiary/aromatic N) is 1. The van der Waals surface area contributed by atoms with Crippen molar-refractivity contribution in [3.05, 3.63) is 66.0 Å². The van der Waals surface area contributed by atoms with Crippen molar-refractivity contribution in [3.8, 4) is 0 Å². The molecule has 0 fully saturated rings. The maximum Gasteiger partial charge on any atom is 0.129 e. The number of halogens is 1. The Morgan fingerprint density at radius 2 is 1.65 bits per heavy atom. The quantitative estimate of drug-likeness (QED) is 0.899. The van der Waals surface area contributed by atoms with Crippen molar-refractivity contribution in [3.63, 3.8) is 0 Å². The van der Waals surface area contributed by atoms with Crippen LogP contribution in [0.3, 0.4) is 0 Å². The summed E-state index contributed by atoms with van der Waals surface area (Å²) in [6.07, 6.45) is -0.803. The monoisotopic (exact) mass is 273 g/mol. The van der Waals surface area contributed by atoms with Crippen LogP contribution < -0.4 is 4.90 Å². The van der Waals surface area contributed by atoms with Gasteiger partial charge in [0.2, 0.25) is 0 Å². The third kappa shape index (κ3) is 3.36. The molecule has 2 unspecified atom stereocenters. The van der Waals surface area contributed by atoms with Crippen molar-refractivity contribution >= 4 is 5.69 Å². The second kappa shape index (κ2) is 6.53. The average Bonchev–Trinajstić information content (AvgIpc) is 2.48. The van der Waals surface area contributed by atoms with E-state index in [1.807, 2.05) is 44.3 Å². The first-order valence-corrected chi connectivity index (χ1v) is 6.78. The molecule has 0 radical (unpaired) electrons. The maximum absolute atomic E-state index is 13.7. The van der Waals surface area contributed by atoms with Crippen LogP contribution in [0.25, 0.3) is 0 Å². The van der Waals surface area contributed by atoms with Crippen LogP contribution in [0.15, 0.2) is 54.6 Å². The SMILES string of the molecule is CC(CN(C)c1ccccc1)C(O)c1ccccc1F. The summed E-state index contributed by atoms with van der Waals surface area (Å²) in [5, 5.41) is 10.3. The molecule has 0 amide bonds. The molecule has 2 aromatic carbocycles. The van der Waals surface area contributed by atoms with Gasteiger partial charge in [0.1, 0.15) is 5.82 Å². The Labute approximate surface area is 119 Å². The third-order valence-corrected chi connectivity index (χ3v) is 3.52. The number of benzene rings is 2. The zero-order valence-electron chi connectivity index (χ0n) is 11.8. The molecule has 20 heavy (non-hydrogen) atoms. The van der Waals surface area contributed by atoms with Crippen LogP contribution in [0.4, 0.5) is 10.1 Å². The summed E-state index contributed by atoms with van der Waals surface area (Å²) < 4.78 is 13.7. The van der Waals surface area contributed by atoms with Gasteiger partial charge in [-0.25, -0.2) is 4.39 Å². The van der Waals surface area contributed by atoms with Gasteiger partial charge >= 0.3 is 0 Å². The molecule has 2 nitrogen and oxygen atoms in total. The molecule has 0 aliphatic rings.